The number of nitro groups is 2. The van der Waals surface area contributed by atoms with E-state index in [4.69, 9.17) is 0 Å². The number of carbonyl (C=O) groups is 2. The minimum atomic E-state index is -0.982. The van der Waals surface area contributed by atoms with Crippen LogP contribution in [0.3, 0.4) is 0 Å². The van der Waals surface area contributed by atoms with E-state index >= 15 is 0 Å². The molecule has 0 spiro atoms. The molecule has 0 aliphatic heterocycles. The third-order valence-electron chi connectivity index (χ3n) is 4.86. The quantitative estimate of drug-likeness (QED) is 0.241. The van der Waals surface area contributed by atoms with Gasteiger partial charge < -0.3 is 10.4 Å². The number of hydrogen-bond acceptors (Lipinski definition) is 8. The number of amides is 2. The second kappa shape index (κ2) is 11.1. The first-order valence-corrected chi connectivity index (χ1v) is 10.1. The van der Waals surface area contributed by atoms with Crippen molar-refractivity contribution in [3.8, 4) is 5.75 Å². The summed E-state index contributed by atoms with van der Waals surface area (Å²) in [6, 6.07) is 19.5. The molecule has 0 aromatic heterocycles. The number of hydrazone groups is 1. The highest BCUT2D eigenvalue weighted by Crippen LogP contribution is 2.33. The molecule has 12 heteroatoms. The van der Waals surface area contributed by atoms with Crippen molar-refractivity contribution >= 4 is 29.4 Å². The Hall–Kier alpha value is -5.13. The Bertz CT molecular complexity index is 1240. The largest absolute Gasteiger partial charge is 0.502 e. The predicted octanol–water partition coefficient (Wildman–Crippen LogP) is 2.61. The number of aromatic hydroxyl groups is 1. The van der Waals surface area contributed by atoms with Crippen LogP contribution < -0.4 is 10.7 Å². The number of carbonyl (C=O) groups excluding carboxylic acids is 2. The molecule has 0 radical (unpaired) electrons. The number of phenolic OH excluding ortho intramolecular Hbond substituents is 1. The van der Waals surface area contributed by atoms with Gasteiger partial charge in [-0.15, -0.1) is 0 Å². The average Bonchev–Trinajstić information content (AvgIpc) is 2.85. The number of hydrogen-bond donors (Lipinski definition) is 3. The molecule has 0 fully saturated rings. The maximum atomic E-state index is 12.9. The number of nitrogens with zero attached hydrogens (tertiary/aromatic N) is 3. The van der Waals surface area contributed by atoms with Crippen LogP contribution in [0.15, 0.2) is 77.9 Å². The van der Waals surface area contributed by atoms with Crippen molar-refractivity contribution in [2.24, 2.45) is 5.10 Å². The van der Waals surface area contributed by atoms with Crippen LogP contribution >= 0.6 is 0 Å². The SMILES string of the molecule is O=C(CNC(=O)C(c1ccccc1)c1ccccc1)NN=Cc1cc([N+](=O)[O-])cc([N+](=O)[O-])c1O. The van der Waals surface area contributed by atoms with Gasteiger partial charge in [0.2, 0.25) is 11.7 Å². The number of nitrogens with one attached hydrogen (secondary N) is 2. The van der Waals surface area contributed by atoms with Crippen molar-refractivity contribution in [2.75, 3.05) is 6.54 Å². The molecule has 0 saturated carbocycles. The Balaban J connectivity index is 1.67. The first-order chi connectivity index (χ1) is 16.8. The first kappa shape index (κ1) is 24.5. The monoisotopic (exact) mass is 477 g/mol. The highest BCUT2D eigenvalue weighted by Gasteiger charge is 2.24. The molecule has 3 aromatic rings. The van der Waals surface area contributed by atoms with E-state index in [2.05, 4.69) is 15.8 Å². The number of benzene rings is 3. The van der Waals surface area contributed by atoms with Gasteiger partial charge in [0, 0.05) is 6.07 Å². The van der Waals surface area contributed by atoms with Crippen LogP contribution in [-0.4, -0.2) is 39.5 Å². The Labute approximate surface area is 198 Å². The lowest BCUT2D eigenvalue weighted by Crippen LogP contribution is -2.37. The lowest BCUT2D eigenvalue weighted by Gasteiger charge is -2.17. The highest BCUT2D eigenvalue weighted by molar-refractivity contribution is 5.91. The number of phenols is 1. The summed E-state index contributed by atoms with van der Waals surface area (Å²) in [7, 11) is 0. The third kappa shape index (κ3) is 6.22. The molecule has 2 amide bonds. The Morgan fingerprint density at radius 2 is 1.51 bits per heavy atom. The fourth-order valence-electron chi connectivity index (χ4n) is 3.24. The molecule has 0 bridgehead atoms. The van der Waals surface area contributed by atoms with Gasteiger partial charge in [-0.25, -0.2) is 5.43 Å². The Morgan fingerprint density at radius 3 is 2.03 bits per heavy atom. The Morgan fingerprint density at radius 1 is 0.943 bits per heavy atom. The summed E-state index contributed by atoms with van der Waals surface area (Å²) >= 11 is 0. The molecule has 0 heterocycles. The molecule has 3 N–H and O–H groups in total. The van der Waals surface area contributed by atoms with Gasteiger partial charge in [-0.2, -0.15) is 5.10 Å². The molecule has 35 heavy (non-hydrogen) atoms. The van der Waals surface area contributed by atoms with E-state index in [-0.39, 0.29) is 5.56 Å². The van der Waals surface area contributed by atoms with E-state index in [9.17, 15) is 34.9 Å². The molecule has 0 saturated heterocycles. The van der Waals surface area contributed by atoms with Gasteiger partial charge in [-0.05, 0) is 11.1 Å². The maximum Gasteiger partial charge on any atom is 0.318 e. The average molecular weight is 477 g/mol. The van der Waals surface area contributed by atoms with E-state index < -0.39 is 51.2 Å². The molecule has 0 atom stereocenters. The summed E-state index contributed by atoms with van der Waals surface area (Å²) in [5.41, 5.74) is 1.70. The normalized spacial score (nSPS) is 10.8. The first-order valence-electron chi connectivity index (χ1n) is 10.1. The molecule has 178 valence electrons. The van der Waals surface area contributed by atoms with Gasteiger partial charge >= 0.3 is 5.69 Å². The minimum absolute atomic E-state index is 0.344. The van der Waals surface area contributed by atoms with Gasteiger partial charge in [0.25, 0.3) is 11.6 Å². The fourth-order valence-corrected chi connectivity index (χ4v) is 3.24. The van der Waals surface area contributed by atoms with Crippen LogP contribution in [-0.2, 0) is 9.59 Å². The van der Waals surface area contributed by atoms with E-state index in [1.807, 2.05) is 12.1 Å². The molecule has 3 aromatic carbocycles. The van der Waals surface area contributed by atoms with E-state index in [0.717, 1.165) is 23.4 Å². The maximum absolute atomic E-state index is 12.9. The molecular formula is C23H19N5O7. The molecule has 0 aliphatic carbocycles. The summed E-state index contributed by atoms with van der Waals surface area (Å²) in [5.74, 6) is -2.65. The van der Waals surface area contributed by atoms with Crippen LogP contribution in [0.4, 0.5) is 11.4 Å². The predicted molar refractivity (Wildman–Crippen MR) is 125 cm³/mol. The molecule has 3 rings (SSSR count). The van der Waals surface area contributed by atoms with Crippen molar-refractivity contribution in [2.45, 2.75) is 5.92 Å². The van der Waals surface area contributed by atoms with Gasteiger partial charge in [0.15, 0.2) is 0 Å². The zero-order valence-corrected chi connectivity index (χ0v) is 18.0. The summed E-state index contributed by atoms with van der Waals surface area (Å²) < 4.78 is 0. The van der Waals surface area contributed by atoms with Crippen molar-refractivity contribution in [1.82, 2.24) is 10.7 Å². The lowest BCUT2D eigenvalue weighted by molar-refractivity contribution is -0.394. The van der Waals surface area contributed by atoms with E-state index in [1.54, 1.807) is 48.5 Å². The summed E-state index contributed by atoms with van der Waals surface area (Å²) in [6.07, 6.45) is 0.825. The van der Waals surface area contributed by atoms with Gasteiger partial charge in [0.1, 0.15) is 0 Å². The number of non-ortho nitro benzene ring substituents is 1. The molecule has 0 aliphatic rings. The van der Waals surface area contributed by atoms with Crippen molar-refractivity contribution in [3.63, 3.8) is 0 Å². The molecular weight excluding hydrogens is 458 g/mol. The van der Waals surface area contributed by atoms with Crippen LogP contribution in [0.25, 0.3) is 0 Å². The van der Waals surface area contributed by atoms with Gasteiger partial charge in [-0.1, -0.05) is 60.7 Å². The van der Waals surface area contributed by atoms with Crippen molar-refractivity contribution < 1.29 is 24.5 Å². The van der Waals surface area contributed by atoms with Crippen LogP contribution in [0.5, 0.6) is 5.75 Å². The summed E-state index contributed by atoms with van der Waals surface area (Å²) in [4.78, 5) is 45.2. The van der Waals surface area contributed by atoms with E-state index in [0.29, 0.717) is 6.07 Å². The second-order valence-corrected chi connectivity index (χ2v) is 7.18. The standard InChI is InChI=1S/C23H19N5O7/c29-20(26-25-13-17-11-18(27(32)33)12-19(22(17)30)28(34)35)14-24-23(31)21(15-7-3-1-4-8-15)16-9-5-2-6-10-16/h1-13,21,30H,14H2,(H,24,31)(H,26,29). The topological polar surface area (TPSA) is 177 Å². The Kier molecular flexibility index (Phi) is 7.80. The van der Waals surface area contributed by atoms with Gasteiger partial charge in [0.05, 0.1) is 40.2 Å². The van der Waals surface area contributed by atoms with Gasteiger partial charge in [-0.3, -0.25) is 29.8 Å². The molecule has 12 nitrogen and oxygen atoms in total. The zero-order valence-electron chi connectivity index (χ0n) is 18.0. The van der Waals surface area contributed by atoms with Crippen LogP contribution in [0, 0.1) is 20.2 Å². The summed E-state index contributed by atoms with van der Waals surface area (Å²) in [6.45, 7) is -0.437. The van der Waals surface area contributed by atoms with Crippen LogP contribution in [0.1, 0.15) is 22.6 Å². The minimum Gasteiger partial charge on any atom is -0.502 e. The number of rotatable bonds is 9. The lowest BCUT2D eigenvalue weighted by atomic mass is 9.90. The van der Waals surface area contributed by atoms with Crippen LogP contribution in [0.2, 0.25) is 0 Å². The second-order valence-electron chi connectivity index (χ2n) is 7.18. The third-order valence-corrected chi connectivity index (χ3v) is 4.86. The van der Waals surface area contributed by atoms with Crippen molar-refractivity contribution in [3.05, 3.63) is 110 Å². The summed E-state index contributed by atoms with van der Waals surface area (Å²) in [5, 5.41) is 38.0. The smallest absolute Gasteiger partial charge is 0.318 e. The number of nitro benzene ring substituents is 2. The fraction of sp³-hybridized carbons (Fsp3) is 0.0870. The highest BCUT2D eigenvalue weighted by atomic mass is 16.6. The molecule has 0 unspecified atom stereocenters. The van der Waals surface area contributed by atoms with Crippen molar-refractivity contribution in [1.29, 1.82) is 0 Å². The van der Waals surface area contributed by atoms with E-state index in [1.165, 1.54) is 0 Å². The zero-order chi connectivity index (χ0) is 25.4.